The third-order valence-corrected chi connectivity index (χ3v) is 6.31. The molecule has 0 amide bonds. The number of sulfonamides is 1. The Labute approximate surface area is 141 Å². The van der Waals surface area contributed by atoms with E-state index >= 15 is 0 Å². The Bertz CT molecular complexity index is 583. The highest BCUT2D eigenvalue weighted by Crippen LogP contribution is 2.21. The van der Waals surface area contributed by atoms with Crippen molar-refractivity contribution >= 4 is 26.0 Å². The fourth-order valence-corrected chi connectivity index (χ4v) is 4.03. The largest absolute Gasteiger partial charge is 0.378 e. The Hall–Kier alpha value is -0.430. The zero-order valence-electron chi connectivity index (χ0n) is 13.0. The molecule has 4 nitrogen and oxygen atoms in total. The summed E-state index contributed by atoms with van der Waals surface area (Å²) in [6, 6.07) is 5.04. The monoisotopic (exact) mass is 389 g/mol. The van der Waals surface area contributed by atoms with E-state index in [2.05, 4.69) is 20.7 Å². The van der Waals surface area contributed by atoms with Crippen molar-refractivity contribution in [1.29, 1.82) is 0 Å². The van der Waals surface area contributed by atoms with Crippen LogP contribution >= 0.6 is 15.9 Å². The van der Waals surface area contributed by atoms with E-state index in [0.717, 1.165) is 22.9 Å². The quantitative estimate of drug-likeness (QED) is 0.721. The summed E-state index contributed by atoms with van der Waals surface area (Å²) < 4.78 is 33.7. The lowest BCUT2D eigenvalue weighted by Crippen LogP contribution is -2.26. The summed E-state index contributed by atoms with van der Waals surface area (Å²) in [5.74, 6) is 0. The van der Waals surface area contributed by atoms with Gasteiger partial charge >= 0.3 is 0 Å². The molecule has 0 atom stereocenters. The molecular weight excluding hydrogens is 366 g/mol. The van der Waals surface area contributed by atoms with Crippen LogP contribution in [0.4, 0.5) is 0 Å². The van der Waals surface area contributed by atoms with Gasteiger partial charge in [0.2, 0.25) is 10.0 Å². The molecule has 0 saturated heterocycles. The van der Waals surface area contributed by atoms with Crippen molar-refractivity contribution in [3.8, 4) is 0 Å². The second kappa shape index (κ2) is 8.43. The highest BCUT2D eigenvalue weighted by atomic mass is 79.9. The average Bonchev–Trinajstić information content (AvgIpc) is 2.50. The summed E-state index contributed by atoms with van der Waals surface area (Å²) in [6.45, 7) is 2.90. The molecule has 0 spiro atoms. The van der Waals surface area contributed by atoms with Gasteiger partial charge in [0.05, 0.1) is 11.0 Å². The first-order valence-corrected chi connectivity index (χ1v) is 10.1. The summed E-state index contributed by atoms with van der Waals surface area (Å²) in [7, 11) is -3.43. The molecule has 1 aromatic carbocycles. The highest BCUT2D eigenvalue weighted by Gasteiger charge is 2.15. The summed E-state index contributed by atoms with van der Waals surface area (Å²) in [6.07, 6.45) is 7.17. The average molecular weight is 390 g/mol. The zero-order valence-corrected chi connectivity index (χ0v) is 15.4. The smallest absolute Gasteiger partial charge is 0.240 e. The normalized spacial score (nSPS) is 16.8. The van der Waals surface area contributed by atoms with Crippen LogP contribution in [0.25, 0.3) is 0 Å². The molecule has 6 heteroatoms. The van der Waals surface area contributed by atoms with Gasteiger partial charge in [-0.1, -0.05) is 35.2 Å². The first-order chi connectivity index (χ1) is 10.5. The lowest BCUT2D eigenvalue weighted by molar-refractivity contribution is 0.0278. The lowest BCUT2D eigenvalue weighted by Gasteiger charge is -2.21. The molecule has 22 heavy (non-hydrogen) atoms. The first kappa shape index (κ1) is 17.9. The van der Waals surface area contributed by atoms with Crippen LogP contribution in [-0.4, -0.2) is 27.7 Å². The van der Waals surface area contributed by atoms with Crippen molar-refractivity contribution in [2.24, 2.45) is 0 Å². The van der Waals surface area contributed by atoms with Gasteiger partial charge in [0.15, 0.2) is 0 Å². The van der Waals surface area contributed by atoms with E-state index < -0.39 is 10.0 Å². The molecule has 0 bridgehead atoms. The minimum absolute atomic E-state index is 0.307. The van der Waals surface area contributed by atoms with Gasteiger partial charge in [-0.05, 0) is 49.9 Å². The van der Waals surface area contributed by atoms with Crippen LogP contribution in [0.1, 0.15) is 44.1 Å². The van der Waals surface area contributed by atoms with Crippen molar-refractivity contribution in [2.45, 2.75) is 56.4 Å². The van der Waals surface area contributed by atoms with Crippen LogP contribution in [0.5, 0.6) is 0 Å². The Morgan fingerprint density at radius 3 is 2.68 bits per heavy atom. The van der Waals surface area contributed by atoms with Gasteiger partial charge in [-0.15, -0.1) is 0 Å². The predicted octanol–water partition coefficient (Wildman–Crippen LogP) is 3.78. The van der Waals surface area contributed by atoms with Crippen LogP contribution in [-0.2, 0) is 14.8 Å². The van der Waals surface area contributed by atoms with Gasteiger partial charge in [0.1, 0.15) is 0 Å². The molecule has 2 rings (SSSR count). The van der Waals surface area contributed by atoms with E-state index in [1.165, 1.54) is 19.3 Å². The van der Waals surface area contributed by atoms with E-state index in [4.69, 9.17) is 4.74 Å². The molecule has 0 heterocycles. The molecule has 1 N–H and O–H groups in total. The predicted molar refractivity (Wildman–Crippen MR) is 91.5 cm³/mol. The molecule has 0 unspecified atom stereocenters. The SMILES string of the molecule is Cc1cc(S(=O)(=O)NCCCOC2CCCCC2)ccc1Br. The lowest BCUT2D eigenvalue weighted by atomic mass is 9.98. The summed E-state index contributed by atoms with van der Waals surface area (Å²) in [5, 5.41) is 0. The van der Waals surface area contributed by atoms with Crippen LogP contribution in [0.15, 0.2) is 27.6 Å². The van der Waals surface area contributed by atoms with Crippen LogP contribution in [0.2, 0.25) is 0 Å². The Morgan fingerprint density at radius 1 is 1.27 bits per heavy atom. The number of hydrogen-bond donors (Lipinski definition) is 1. The second-order valence-corrected chi connectivity index (χ2v) is 8.41. The minimum Gasteiger partial charge on any atom is -0.378 e. The fraction of sp³-hybridized carbons (Fsp3) is 0.625. The van der Waals surface area contributed by atoms with Crippen molar-refractivity contribution in [3.05, 3.63) is 28.2 Å². The van der Waals surface area contributed by atoms with Crippen molar-refractivity contribution < 1.29 is 13.2 Å². The van der Waals surface area contributed by atoms with Gasteiger partial charge < -0.3 is 4.74 Å². The maximum absolute atomic E-state index is 12.2. The summed E-state index contributed by atoms with van der Waals surface area (Å²) in [5.41, 5.74) is 0.906. The topological polar surface area (TPSA) is 55.4 Å². The van der Waals surface area contributed by atoms with Crippen molar-refractivity contribution in [3.63, 3.8) is 0 Å². The Balaban J connectivity index is 1.74. The zero-order chi connectivity index (χ0) is 16.0. The Kier molecular flexibility index (Phi) is 6.87. The maximum Gasteiger partial charge on any atom is 0.240 e. The first-order valence-electron chi connectivity index (χ1n) is 7.86. The van der Waals surface area contributed by atoms with Gasteiger partial charge in [0, 0.05) is 17.6 Å². The number of nitrogens with one attached hydrogen (secondary N) is 1. The highest BCUT2D eigenvalue weighted by molar-refractivity contribution is 9.10. The fourth-order valence-electron chi connectivity index (χ4n) is 2.63. The van der Waals surface area contributed by atoms with Crippen molar-refractivity contribution in [2.75, 3.05) is 13.2 Å². The number of hydrogen-bond acceptors (Lipinski definition) is 3. The molecule has 0 radical (unpaired) electrons. The standard InChI is InChI=1S/C16H24BrNO3S/c1-13-12-15(8-9-16(13)17)22(19,20)18-10-5-11-21-14-6-3-2-4-7-14/h8-9,12,14,18H,2-7,10-11H2,1H3. The van der Waals surface area contributed by atoms with Crippen LogP contribution in [0.3, 0.4) is 0 Å². The second-order valence-electron chi connectivity index (χ2n) is 5.79. The van der Waals surface area contributed by atoms with E-state index in [9.17, 15) is 8.42 Å². The number of ether oxygens (including phenoxy) is 1. The molecule has 1 aliphatic rings. The van der Waals surface area contributed by atoms with E-state index in [1.54, 1.807) is 18.2 Å². The van der Waals surface area contributed by atoms with Gasteiger partial charge in [-0.2, -0.15) is 0 Å². The third-order valence-electron chi connectivity index (χ3n) is 3.96. The van der Waals surface area contributed by atoms with Gasteiger partial charge in [0.25, 0.3) is 0 Å². The van der Waals surface area contributed by atoms with Gasteiger partial charge in [-0.3, -0.25) is 0 Å². The number of rotatable bonds is 7. The van der Waals surface area contributed by atoms with Gasteiger partial charge in [-0.25, -0.2) is 13.1 Å². The molecule has 0 aromatic heterocycles. The minimum atomic E-state index is -3.43. The molecule has 1 fully saturated rings. The maximum atomic E-state index is 12.2. The van der Waals surface area contributed by atoms with E-state index in [1.807, 2.05) is 6.92 Å². The molecular formula is C16H24BrNO3S. The summed E-state index contributed by atoms with van der Waals surface area (Å²) in [4.78, 5) is 0.307. The van der Waals surface area contributed by atoms with Crippen molar-refractivity contribution in [1.82, 2.24) is 4.72 Å². The molecule has 0 aliphatic heterocycles. The van der Waals surface area contributed by atoms with E-state index in [0.29, 0.717) is 30.6 Å². The van der Waals surface area contributed by atoms with Crippen LogP contribution in [0, 0.1) is 6.92 Å². The third kappa shape index (κ3) is 5.33. The molecule has 1 aromatic rings. The molecule has 124 valence electrons. The number of halogens is 1. The Morgan fingerprint density at radius 2 is 2.00 bits per heavy atom. The molecule has 1 saturated carbocycles. The summed E-state index contributed by atoms with van der Waals surface area (Å²) >= 11 is 3.38. The molecule has 1 aliphatic carbocycles. The number of aryl methyl sites for hydroxylation is 1. The number of benzene rings is 1. The van der Waals surface area contributed by atoms with E-state index in [-0.39, 0.29) is 0 Å². The van der Waals surface area contributed by atoms with Crippen LogP contribution < -0.4 is 4.72 Å².